The van der Waals surface area contributed by atoms with E-state index in [1.807, 2.05) is 12.5 Å². The Labute approximate surface area is 188 Å². The SMILES string of the molecule is CCNC(=NCC1(CN2CCOCC2)CCCCC1)N1CCC(C)C(n2ccnc2)C1. The molecule has 31 heavy (non-hydrogen) atoms. The van der Waals surface area contributed by atoms with Crippen molar-refractivity contribution in [3.63, 3.8) is 0 Å². The molecule has 174 valence electrons. The van der Waals surface area contributed by atoms with Crippen LogP contribution < -0.4 is 5.32 Å². The Morgan fingerprint density at radius 1 is 1.19 bits per heavy atom. The van der Waals surface area contributed by atoms with Crippen molar-refractivity contribution in [3.05, 3.63) is 18.7 Å². The fraction of sp³-hybridized carbons (Fsp3) is 0.833. The van der Waals surface area contributed by atoms with Crippen LogP contribution in [0.15, 0.2) is 23.7 Å². The highest BCUT2D eigenvalue weighted by atomic mass is 16.5. The van der Waals surface area contributed by atoms with E-state index in [4.69, 9.17) is 9.73 Å². The normalized spacial score (nSPS) is 27.9. The van der Waals surface area contributed by atoms with E-state index in [1.54, 1.807) is 0 Å². The number of hydrogen-bond donors (Lipinski definition) is 1. The van der Waals surface area contributed by atoms with Gasteiger partial charge in [-0.05, 0) is 32.1 Å². The molecule has 0 bridgehead atoms. The molecule has 7 heteroatoms. The van der Waals surface area contributed by atoms with E-state index in [0.29, 0.717) is 17.4 Å². The fourth-order valence-electron chi connectivity index (χ4n) is 5.67. The van der Waals surface area contributed by atoms with Crippen molar-refractivity contribution in [1.82, 2.24) is 24.7 Å². The summed E-state index contributed by atoms with van der Waals surface area (Å²) in [5.74, 6) is 1.76. The maximum atomic E-state index is 5.59. The number of imidazole rings is 1. The van der Waals surface area contributed by atoms with Gasteiger partial charge in [0.2, 0.25) is 0 Å². The molecule has 2 saturated heterocycles. The maximum Gasteiger partial charge on any atom is 0.194 e. The van der Waals surface area contributed by atoms with Crippen molar-refractivity contribution in [2.75, 3.05) is 59.0 Å². The van der Waals surface area contributed by atoms with Gasteiger partial charge in [-0.15, -0.1) is 0 Å². The zero-order valence-electron chi connectivity index (χ0n) is 19.6. The van der Waals surface area contributed by atoms with Crippen molar-refractivity contribution in [1.29, 1.82) is 0 Å². The Balaban J connectivity index is 1.47. The van der Waals surface area contributed by atoms with Crippen LogP contribution in [0.5, 0.6) is 0 Å². The molecule has 2 unspecified atom stereocenters. The summed E-state index contributed by atoms with van der Waals surface area (Å²) in [6, 6.07) is 0.456. The van der Waals surface area contributed by atoms with Crippen LogP contribution in [0.2, 0.25) is 0 Å². The molecule has 0 aromatic carbocycles. The van der Waals surface area contributed by atoms with E-state index in [0.717, 1.165) is 58.4 Å². The molecule has 2 atom stereocenters. The number of ether oxygens (including phenoxy) is 1. The maximum absolute atomic E-state index is 5.59. The second-order valence-electron chi connectivity index (χ2n) is 9.91. The molecular formula is C24H42N6O. The highest BCUT2D eigenvalue weighted by Gasteiger charge is 2.35. The topological polar surface area (TPSA) is 57.9 Å². The Hall–Kier alpha value is -1.60. The van der Waals surface area contributed by atoms with Crippen molar-refractivity contribution in [2.45, 2.75) is 58.4 Å². The third-order valence-corrected chi connectivity index (χ3v) is 7.60. The van der Waals surface area contributed by atoms with Crippen molar-refractivity contribution in [2.24, 2.45) is 16.3 Å². The smallest absolute Gasteiger partial charge is 0.194 e. The van der Waals surface area contributed by atoms with E-state index in [-0.39, 0.29) is 0 Å². The van der Waals surface area contributed by atoms with Gasteiger partial charge in [0.05, 0.1) is 25.6 Å². The molecular weight excluding hydrogens is 388 g/mol. The third kappa shape index (κ3) is 5.80. The third-order valence-electron chi connectivity index (χ3n) is 7.60. The summed E-state index contributed by atoms with van der Waals surface area (Å²) < 4.78 is 7.87. The van der Waals surface area contributed by atoms with Gasteiger partial charge in [0.25, 0.3) is 0 Å². The summed E-state index contributed by atoms with van der Waals surface area (Å²) in [5, 5.41) is 3.61. The molecule has 3 aliphatic rings. The molecule has 1 aliphatic carbocycles. The van der Waals surface area contributed by atoms with Crippen molar-refractivity contribution in [3.8, 4) is 0 Å². The number of nitrogens with one attached hydrogen (secondary N) is 1. The number of likely N-dealkylation sites (tertiary alicyclic amines) is 1. The average molecular weight is 431 g/mol. The Bertz CT molecular complexity index is 678. The molecule has 3 heterocycles. The van der Waals surface area contributed by atoms with Gasteiger partial charge in [-0.1, -0.05) is 26.2 Å². The Morgan fingerprint density at radius 2 is 2.00 bits per heavy atom. The lowest BCUT2D eigenvalue weighted by Gasteiger charge is -2.42. The van der Waals surface area contributed by atoms with E-state index >= 15 is 0 Å². The molecule has 4 rings (SSSR count). The van der Waals surface area contributed by atoms with Crippen molar-refractivity contribution >= 4 is 5.96 Å². The molecule has 1 aromatic heterocycles. The minimum absolute atomic E-state index is 0.323. The zero-order chi connectivity index (χ0) is 21.5. The first-order chi connectivity index (χ1) is 15.2. The minimum atomic E-state index is 0.323. The number of morpholine rings is 1. The first-order valence-electron chi connectivity index (χ1n) is 12.5. The van der Waals surface area contributed by atoms with Crippen LogP contribution in [-0.2, 0) is 4.74 Å². The summed E-state index contributed by atoms with van der Waals surface area (Å²) >= 11 is 0. The highest BCUT2D eigenvalue weighted by molar-refractivity contribution is 5.80. The van der Waals surface area contributed by atoms with E-state index in [2.05, 4.69) is 44.7 Å². The molecule has 0 spiro atoms. The average Bonchev–Trinajstić information content (AvgIpc) is 3.33. The zero-order valence-corrected chi connectivity index (χ0v) is 19.6. The Morgan fingerprint density at radius 3 is 2.71 bits per heavy atom. The van der Waals surface area contributed by atoms with Gasteiger partial charge < -0.3 is 19.5 Å². The van der Waals surface area contributed by atoms with E-state index < -0.39 is 0 Å². The van der Waals surface area contributed by atoms with Gasteiger partial charge in [0.15, 0.2) is 5.96 Å². The largest absolute Gasteiger partial charge is 0.379 e. The second kappa shape index (κ2) is 10.8. The molecule has 1 saturated carbocycles. The van der Waals surface area contributed by atoms with Gasteiger partial charge in [0, 0.05) is 63.6 Å². The van der Waals surface area contributed by atoms with Crippen LogP contribution in [0.1, 0.15) is 58.4 Å². The van der Waals surface area contributed by atoms with E-state index in [1.165, 1.54) is 45.1 Å². The number of piperidine rings is 1. The predicted octanol–water partition coefficient (Wildman–Crippen LogP) is 3.01. The number of hydrogen-bond acceptors (Lipinski definition) is 4. The second-order valence-corrected chi connectivity index (χ2v) is 9.91. The van der Waals surface area contributed by atoms with E-state index in [9.17, 15) is 0 Å². The minimum Gasteiger partial charge on any atom is -0.379 e. The predicted molar refractivity (Wildman–Crippen MR) is 125 cm³/mol. The number of aliphatic imine (C=N–C) groups is 1. The van der Waals surface area contributed by atoms with Gasteiger partial charge in [-0.25, -0.2) is 4.98 Å². The van der Waals surface area contributed by atoms with Crippen LogP contribution in [0.25, 0.3) is 0 Å². The first kappa shape index (κ1) is 22.6. The Kier molecular flexibility index (Phi) is 7.88. The molecule has 1 N–H and O–H groups in total. The van der Waals surface area contributed by atoms with Gasteiger partial charge in [0.1, 0.15) is 0 Å². The van der Waals surface area contributed by atoms with Crippen LogP contribution >= 0.6 is 0 Å². The van der Waals surface area contributed by atoms with Gasteiger partial charge >= 0.3 is 0 Å². The number of nitrogens with zero attached hydrogens (tertiary/aromatic N) is 5. The summed E-state index contributed by atoms with van der Waals surface area (Å²) in [5.41, 5.74) is 0.323. The lowest BCUT2D eigenvalue weighted by atomic mass is 9.73. The number of guanidine groups is 1. The molecule has 2 aliphatic heterocycles. The van der Waals surface area contributed by atoms with Crippen molar-refractivity contribution < 1.29 is 4.74 Å². The lowest BCUT2D eigenvalue weighted by Crippen LogP contribution is -2.50. The molecule has 1 aromatic rings. The standard InChI is InChI=1S/C24H42N6O/c1-3-26-23(29-11-7-21(2)22(17-29)30-12-10-25-20-30)27-18-24(8-5-4-6-9-24)19-28-13-15-31-16-14-28/h10,12,20-22H,3-9,11,13-19H2,1-2H3,(H,26,27). The van der Waals surface area contributed by atoms with Crippen LogP contribution in [0, 0.1) is 11.3 Å². The lowest BCUT2D eigenvalue weighted by molar-refractivity contribution is 0.00930. The van der Waals surface area contributed by atoms with Crippen LogP contribution in [-0.4, -0.2) is 84.3 Å². The van der Waals surface area contributed by atoms with Gasteiger partial charge in [-0.2, -0.15) is 0 Å². The molecule has 0 amide bonds. The summed E-state index contributed by atoms with van der Waals surface area (Å²) in [6.07, 6.45) is 13.8. The number of aromatic nitrogens is 2. The van der Waals surface area contributed by atoms with Crippen LogP contribution in [0.3, 0.4) is 0 Å². The fourth-order valence-corrected chi connectivity index (χ4v) is 5.67. The molecule has 7 nitrogen and oxygen atoms in total. The summed E-state index contributed by atoms with van der Waals surface area (Å²) in [7, 11) is 0. The number of rotatable bonds is 6. The first-order valence-corrected chi connectivity index (χ1v) is 12.5. The highest BCUT2D eigenvalue weighted by Crippen LogP contribution is 2.38. The van der Waals surface area contributed by atoms with Crippen LogP contribution in [0.4, 0.5) is 0 Å². The summed E-state index contributed by atoms with van der Waals surface area (Å²) in [4.78, 5) is 14.7. The quantitative estimate of drug-likeness (QED) is 0.555. The summed E-state index contributed by atoms with van der Waals surface area (Å²) in [6.45, 7) is 13.6. The van der Waals surface area contributed by atoms with Gasteiger partial charge in [-0.3, -0.25) is 9.89 Å². The molecule has 0 radical (unpaired) electrons. The molecule has 3 fully saturated rings. The monoisotopic (exact) mass is 430 g/mol.